The third-order valence-electron chi connectivity index (χ3n) is 4.42. The number of nitrogens with zero attached hydrogens (tertiary/aromatic N) is 1. The minimum Gasteiger partial charge on any atom is -0.374 e. The second kappa shape index (κ2) is 10.00. The first kappa shape index (κ1) is 18.4. The first-order valence-corrected chi connectivity index (χ1v) is 8.46. The highest BCUT2D eigenvalue weighted by Crippen LogP contribution is 2.30. The van der Waals surface area contributed by atoms with Crippen molar-refractivity contribution in [3.8, 4) is 6.07 Å². The van der Waals surface area contributed by atoms with Gasteiger partial charge >= 0.3 is 0 Å². The maximum atomic E-state index is 13.2. The fourth-order valence-electron chi connectivity index (χ4n) is 3.04. The summed E-state index contributed by atoms with van der Waals surface area (Å²) in [5.74, 6) is -0.924. The zero-order valence-corrected chi connectivity index (χ0v) is 13.8. The molecule has 0 N–H and O–H groups in total. The summed E-state index contributed by atoms with van der Waals surface area (Å²) in [5.41, 5.74) is 0.673. The van der Waals surface area contributed by atoms with E-state index in [2.05, 4.69) is 6.08 Å². The molecule has 0 atom stereocenters. The molecule has 0 amide bonds. The van der Waals surface area contributed by atoms with Crippen molar-refractivity contribution in [1.82, 2.24) is 0 Å². The van der Waals surface area contributed by atoms with Crippen LogP contribution in [0.4, 0.5) is 8.78 Å². The molecule has 1 aromatic carbocycles. The summed E-state index contributed by atoms with van der Waals surface area (Å²) in [7, 11) is 0. The molecule has 2 nitrogen and oxygen atoms in total. The Bertz CT molecular complexity index is 611. The molecule has 1 aliphatic rings. The van der Waals surface area contributed by atoms with Crippen LogP contribution in [0.2, 0.25) is 0 Å². The van der Waals surface area contributed by atoms with Crippen LogP contribution >= 0.6 is 0 Å². The molecule has 128 valence electrons. The summed E-state index contributed by atoms with van der Waals surface area (Å²) in [5, 5.41) is 8.38. The Kier molecular flexibility index (Phi) is 7.64. The lowest BCUT2D eigenvalue weighted by Crippen LogP contribution is -2.21. The summed E-state index contributed by atoms with van der Waals surface area (Å²) in [6, 6.07) is 5.87. The van der Waals surface area contributed by atoms with E-state index in [1.807, 2.05) is 12.1 Å². The highest BCUT2D eigenvalue weighted by Gasteiger charge is 2.21. The van der Waals surface area contributed by atoms with E-state index < -0.39 is 11.6 Å². The summed E-state index contributed by atoms with van der Waals surface area (Å²) in [6.45, 7) is 0.334. The second-order valence-electron chi connectivity index (χ2n) is 6.20. The molecule has 1 aromatic rings. The maximum Gasteiger partial charge on any atom is 0.159 e. The zero-order valence-electron chi connectivity index (χ0n) is 13.8. The van der Waals surface area contributed by atoms with Crippen molar-refractivity contribution in [2.24, 2.45) is 5.92 Å². The Morgan fingerprint density at radius 2 is 1.92 bits per heavy atom. The molecule has 0 heterocycles. The van der Waals surface area contributed by atoms with Crippen molar-refractivity contribution in [2.45, 2.75) is 51.2 Å². The highest BCUT2D eigenvalue weighted by molar-refractivity contribution is 5.17. The average molecular weight is 331 g/mol. The molecule has 1 saturated carbocycles. The first-order valence-electron chi connectivity index (χ1n) is 8.46. The molecule has 0 unspecified atom stereocenters. The van der Waals surface area contributed by atoms with E-state index in [9.17, 15) is 8.78 Å². The van der Waals surface area contributed by atoms with Gasteiger partial charge in [0.25, 0.3) is 0 Å². The van der Waals surface area contributed by atoms with E-state index in [1.54, 1.807) is 12.1 Å². The van der Waals surface area contributed by atoms with Crippen LogP contribution in [0.15, 0.2) is 42.5 Å². The number of nitriles is 1. The summed E-state index contributed by atoms with van der Waals surface area (Å²) in [6.07, 6.45) is 14.0. The number of hydrogen-bond donors (Lipinski definition) is 0. The van der Waals surface area contributed by atoms with E-state index in [0.29, 0.717) is 12.2 Å². The number of ether oxygens (including phenoxy) is 1. The normalized spacial score (nSPS) is 21.4. The third-order valence-corrected chi connectivity index (χ3v) is 4.42. The van der Waals surface area contributed by atoms with Crippen molar-refractivity contribution in [1.29, 1.82) is 5.26 Å². The van der Waals surface area contributed by atoms with Gasteiger partial charge in [0.05, 0.1) is 18.8 Å². The van der Waals surface area contributed by atoms with E-state index in [0.717, 1.165) is 50.5 Å². The number of benzene rings is 1. The summed E-state index contributed by atoms with van der Waals surface area (Å²) >= 11 is 0. The zero-order chi connectivity index (χ0) is 17.2. The quantitative estimate of drug-likeness (QED) is 0.491. The van der Waals surface area contributed by atoms with Gasteiger partial charge in [-0.3, -0.25) is 0 Å². The predicted molar refractivity (Wildman–Crippen MR) is 90.0 cm³/mol. The molecule has 0 aliphatic heterocycles. The van der Waals surface area contributed by atoms with E-state index in [-0.39, 0.29) is 6.10 Å². The molecule has 4 heteroatoms. The molecule has 1 fully saturated rings. The van der Waals surface area contributed by atoms with Gasteiger partial charge < -0.3 is 4.74 Å². The maximum absolute atomic E-state index is 13.2. The minimum absolute atomic E-state index is 0.212. The molecular weight excluding hydrogens is 308 g/mol. The van der Waals surface area contributed by atoms with Gasteiger partial charge in [0, 0.05) is 6.08 Å². The van der Waals surface area contributed by atoms with Crippen molar-refractivity contribution in [2.75, 3.05) is 0 Å². The number of halogens is 2. The van der Waals surface area contributed by atoms with Gasteiger partial charge in [-0.25, -0.2) is 8.78 Å². The van der Waals surface area contributed by atoms with Crippen molar-refractivity contribution in [3.63, 3.8) is 0 Å². The minimum atomic E-state index is -0.823. The third kappa shape index (κ3) is 6.25. The molecule has 0 radical (unpaired) electrons. The Morgan fingerprint density at radius 3 is 2.62 bits per heavy atom. The van der Waals surface area contributed by atoms with Crippen molar-refractivity contribution >= 4 is 0 Å². The van der Waals surface area contributed by atoms with Gasteiger partial charge in [0.1, 0.15) is 0 Å². The summed E-state index contributed by atoms with van der Waals surface area (Å²) < 4.78 is 31.9. The number of hydrogen-bond acceptors (Lipinski definition) is 2. The van der Waals surface area contributed by atoms with E-state index in [1.165, 1.54) is 12.1 Å². The largest absolute Gasteiger partial charge is 0.374 e. The molecular formula is C20H23F2NO. The Labute approximate surface area is 142 Å². The van der Waals surface area contributed by atoms with Crippen LogP contribution in [0.25, 0.3) is 0 Å². The van der Waals surface area contributed by atoms with Crippen LogP contribution in [0, 0.1) is 28.9 Å². The van der Waals surface area contributed by atoms with Gasteiger partial charge in [0.15, 0.2) is 11.6 Å². The molecule has 1 aliphatic carbocycles. The SMILES string of the molecule is N#CC=CC=CCC[C@H]1CC[C@H](OCc2ccc(F)c(F)c2)CC1. The number of rotatable bonds is 7. The van der Waals surface area contributed by atoms with Crippen LogP contribution in [-0.4, -0.2) is 6.10 Å². The van der Waals surface area contributed by atoms with E-state index >= 15 is 0 Å². The molecule has 0 bridgehead atoms. The first-order chi connectivity index (χ1) is 11.7. The average Bonchev–Trinajstić information content (AvgIpc) is 2.60. The fraction of sp³-hybridized carbons (Fsp3) is 0.450. The highest BCUT2D eigenvalue weighted by atomic mass is 19.2. The molecule has 0 aromatic heterocycles. The Balaban J connectivity index is 1.64. The van der Waals surface area contributed by atoms with Crippen LogP contribution in [-0.2, 0) is 11.3 Å². The molecule has 0 spiro atoms. The smallest absolute Gasteiger partial charge is 0.159 e. The lowest BCUT2D eigenvalue weighted by molar-refractivity contribution is 0.00634. The van der Waals surface area contributed by atoms with E-state index in [4.69, 9.17) is 10.00 Å². The van der Waals surface area contributed by atoms with Gasteiger partial charge in [-0.15, -0.1) is 0 Å². The molecule has 2 rings (SSSR count). The van der Waals surface area contributed by atoms with Crippen LogP contribution in [0.1, 0.15) is 44.1 Å². The Hall–Kier alpha value is -1.99. The second-order valence-corrected chi connectivity index (χ2v) is 6.20. The predicted octanol–water partition coefficient (Wildman–Crippen LogP) is 5.46. The lowest BCUT2D eigenvalue weighted by Gasteiger charge is -2.28. The summed E-state index contributed by atoms with van der Waals surface area (Å²) in [4.78, 5) is 0. The van der Waals surface area contributed by atoms with Gasteiger partial charge in [-0.2, -0.15) is 5.26 Å². The van der Waals surface area contributed by atoms with Gasteiger partial charge in [0.2, 0.25) is 0 Å². The lowest BCUT2D eigenvalue weighted by atomic mass is 9.84. The van der Waals surface area contributed by atoms with Crippen LogP contribution in [0.3, 0.4) is 0 Å². The molecule has 0 saturated heterocycles. The topological polar surface area (TPSA) is 33.0 Å². The fourth-order valence-corrected chi connectivity index (χ4v) is 3.04. The van der Waals surface area contributed by atoms with Crippen molar-refractivity contribution < 1.29 is 13.5 Å². The van der Waals surface area contributed by atoms with Crippen LogP contribution < -0.4 is 0 Å². The standard InChI is InChI=1S/C20H23F2NO/c21-19-12-9-17(14-20(19)22)15-24-18-10-7-16(8-11-18)6-4-2-1-3-5-13-23/h1-3,5,9,12,14,16,18H,4,6-8,10-11,15H2/t16-,18-. The van der Waals surface area contributed by atoms with Gasteiger partial charge in [-0.1, -0.05) is 24.3 Å². The van der Waals surface area contributed by atoms with Crippen molar-refractivity contribution in [3.05, 3.63) is 59.7 Å². The number of allylic oxidation sites excluding steroid dienone is 4. The Morgan fingerprint density at radius 1 is 1.12 bits per heavy atom. The molecule has 24 heavy (non-hydrogen) atoms. The van der Waals surface area contributed by atoms with Crippen LogP contribution in [0.5, 0.6) is 0 Å². The monoisotopic (exact) mass is 331 g/mol. The van der Waals surface area contributed by atoms with Gasteiger partial charge in [-0.05, 0) is 62.1 Å².